The van der Waals surface area contributed by atoms with Crippen LogP contribution in [0.15, 0.2) is 18.2 Å². The number of ether oxygens (including phenoxy) is 1. The van der Waals surface area contributed by atoms with Gasteiger partial charge in [-0.15, -0.1) is 11.8 Å². The van der Waals surface area contributed by atoms with Crippen molar-refractivity contribution >= 4 is 17.3 Å². The molecular weight excluding hydrogens is 210 g/mol. The fraction of sp³-hybridized carbons (Fsp3) is 0.333. The fourth-order valence-corrected chi connectivity index (χ4v) is 1.38. The minimum absolute atomic E-state index is 0.694. The van der Waals surface area contributed by atoms with Gasteiger partial charge in [0, 0.05) is 18.0 Å². The molecule has 0 aliphatic carbocycles. The van der Waals surface area contributed by atoms with Gasteiger partial charge in [0.15, 0.2) is 0 Å². The SMILES string of the molecule is CC#CCCNc1cc(Cl)ccc1OC. The van der Waals surface area contributed by atoms with Crippen molar-refractivity contribution in [3.63, 3.8) is 0 Å². The Hall–Kier alpha value is -1.33. The largest absolute Gasteiger partial charge is 0.495 e. The van der Waals surface area contributed by atoms with Crippen molar-refractivity contribution in [1.29, 1.82) is 0 Å². The van der Waals surface area contributed by atoms with E-state index in [0.717, 1.165) is 24.4 Å². The molecule has 0 bridgehead atoms. The number of halogens is 1. The number of rotatable bonds is 4. The number of nitrogens with one attached hydrogen (secondary N) is 1. The predicted molar refractivity (Wildman–Crippen MR) is 64.6 cm³/mol. The van der Waals surface area contributed by atoms with Crippen molar-refractivity contribution in [2.75, 3.05) is 19.0 Å². The van der Waals surface area contributed by atoms with Crippen molar-refractivity contribution in [3.05, 3.63) is 23.2 Å². The third-order valence-corrected chi connectivity index (χ3v) is 2.14. The summed E-state index contributed by atoms with van der Waals surface area (Å²) in [4.78, 5) is 0. The molecule has 0 aliphatic rings. The van der Waals surface area contributed by atoms with E-state index in [-0.39, 0.29) is 0 Å². The summed E-state index contributed by atoms with van der Waals surface area (Å²) in [6.45, 7) is 2.62. The number of anilines is 1. The van der Waals surface area contributed by atoms with Crippen LogP contribution in [-0.4, -0.2) is 13.7 Å². The highest BCUT2D eigenvalue weighted by molar-refractivity contribution is 6.30. The van der Waals surface area contributed by atoms with Crippen LogP contribution in [0.1, 0.15) is 13.3 Å². The minimum atomic E-state index is 0.694. The van der Waals surface area contributed by atoms with Gasteiger partial charge in [0.2, 0.25) is 0 Å². The molecule has 0 amide bonds. The molecule has 0 aromatic heterocycles. The molecule has 0 saturated carbocycles. The third kappa shape index (κ3) is 3.73. The predicted octanol–water partition coefficient (Wildman–Crippen LogP) is 3.17. The molecular formula is C12H14ClNO. The molecule has 15 heavy (non-hydrogen) atoms. The summed E-state index contributed by atoms with van der Waals surface area (Å²) in [7, 11) is 1.64. The molecule has 0 aliphatic heterocycles. The highest BCUT2D eigenvalue weighted by Crippen LogP contribution is 2.27. The number of benzene rings is 1. The van der Waals surface area contributed by atoms with E-state index in [1.54, 1.807) is 13.2 Å². The molecule has 1 aromatic rings. The molecule has 0 saturated heterocycles. The molecule has 0 unspecified atom stereocenters. The van der Waals surface area contributed by atoms with Crippen LogP contribution in [0.3, 0.4) is 0 Å². The van der Waals surface area contributed by atoms with Gasteiger partial charge in [-0.1, -0.05) is 11.6 Å². The van der Waals surface area contributed by atoms with Gasteiger partial charge in [0.25, 0.3) is 0 Å². The van der Waals surface area contributed by atoms with E-state index in [1.165, 1.54) is 0 Å². The van der Waals surface area contributed by atoms with E-state index < -0.39 is 0 Å². The van der Waals surface area contributed by atoms with E-state index in [0.29, 0.717) is 5.02 Å². The number of methoxy groups -OCH3 is 1. The molecule has 3 heteroatoms. The van der Waals surface area contributed by atoms with Crippen LogP contribution in [0.4, 0.5) is 5.69 Å². The standard InChI is InChI=1S/C12H14ClNO/c1-3-4-5-8-14-11-9-10(13)6-7-12(11)15-2/h6-7,9,14H,5,8H2,1-2H3. The monoisotopic (exact) mass is 223 g/mol. The second-order valence-electron chi connectivity index (χ2n) is 2.95. The Kier molecular flexibility index (Phi) is 4.86. The zero-order valence-corrected chi connectivity index (χ0v) is 9.69. The highest BCUT2D eigenvalue weighted by atomic mass is 35.5. The molecule has 0 radical (unpaired) electrons. The summed E-state index contributed by atoms with van der Waals surface area (Å²) < 4.78 is 5.20. The Morgan fingerprint density at radius 3 is 2.93 bits per heavy atom. The van der Waals surface area contributed by atoms with Crippen molar-refractivity contribution in [2.45, 2.75) is 13.3 Å². The van der Waals surface area contributed by atoms with E-state index in [9.17, 15) is 0 Å². The zero-order valence-electron chi connectivity index (χ0n) is 8.93. The van der Waals surface area contributed by atoms with Crippen LogP contribution in [0.25, 0.3) is 0 Å². The Bertz CT molecular complexity index is 379. The summed E-state index contributed by atoms with van der Waals surface area (Å²) in [6, 6.07) is 5.49. The van der Waals surface area contributed by atoms with Crippen LogP contribution in [-0.2, 0) is 0 Å². The molecule has 0 heterocycles. The lowest BCUT2D eigenvalue weighted by atomic mass is 10.3. The number of hydrogen-bond donors (Lipinski definition) is 1. The van der Waals surface area contributed by atoms with Crippen molar-refractivity contribution in [1.82, 2.24) is 0 Å². The molecule has 1 rings (SSSR count). The van der Waals surface area contributed by atoms with Crippen LogP contribution >= 0.6 is 11.6 Å². The summed E-state index contributed by atoms with van der Waals surface area (Å²) in [5.41, 5.74) is 0.905. The van der Waals surface area contributed by atoms with E-state index in [1.807, 2.05) is 19.1 Å². The second-order valence-corrected chi connectivity index (χ2v) is 3.38. The average molecular weight is 224 g/mol. The maximum atomic E-state index is 5.89. The van der Waals surface area contributed by atoms with Gasteiger partial charge in [-0.2, -0.15) is 0 Å². The van der Waals surface area contributed by atoms with Crippen LogP contribution in [0, 0.1) is 11.8 Å². The lowest BCUT2D eigenvalue weighted by Crippen LogP contribution is -2.02. The molecule has 2 nitrogen and oxygen atoms in total. The second kappa shape index (κ2) is 6.21. The quantitative estimate of drug-likeness (QED) is 0.625. The normalized spacial score (nSPS) is 9.00. The van der Waals surface area contributed by atoms with Crippen LogP contribution < -0.4 is 10.1 Å². The first kappa shape index (κ1) is 11.7. The Morgan fingerprint density at radius 2 is 2.27 bits per heavy atom. The molecule has 1 N–H and O–H groups in total. The maximum Gasteiger partial charge on any atom is 0.142 e. The number of hydrogen-bond acceptors (Lipinski definition) is 2. The highest BCUT2D eigenvalue weighted by Gasteiger charge is 2.01. The molecule has 0 fully saturated rings. The Morgan fingerprint density at radius 1 is 1.47 bits per heavy atom. The first-order valence-corrected chi connectivity index (χ1v) is 5.12. The first-order chi connectivity index (χ1) is 7.27. The summed E-state index contributed by atoms with van der Waals surface area (Å²) >= 11 is 5.89. The Labute approximate surface area is 95.6 Å². The molecule has 0 atom stereocenters. The van der Waals surface area contributed by atoms with Gasteiger partial charge in [-0.05, 0) is 25.1 Å². The summed E-state index contributed by atoms with van der Waals surface area (Å²) in [6.07, 6.45) is 0.812. The first-order valence-electron chi connectivity index (χ1n) is 4.75. The summed E-state index contributed by atoms with van der Waals surface area (Å²) in [5, 5.41) is 3.92. The van der Waals surface area contributed by atoms with Gasteiger partial charge in [0.05, 0.1) is 12.8 Å². The van der Waals surface area contributed by atoms with E-state index in [2.05, 4.69) is 17.2 Å². The van der Waals surface area contributed by atoms with E-state index >= 15 is 0 Å². The zero-order chi connectivity index (χ0) is 11.1. The van der Waals surface area contributed by atoms with Crippen molar-refractivity contribution in [2.24, 2.45) is 0 Å². The van der Waals surface area contributed by atoms with Gasteiger partial charge < -0.3 is 10.1 Å². The van der Waals surface area contributed by atoms with Crippen LogP contribution in [0.5, 0.6) is 5.75 Å². The molecule has 80 valence electrons. The minimum Gasteiger partial charge on any atom is -0.495 e. The van der Waals surface area contributed by atoms with Gasteiger partial charge >= 0.3 is 0 Å². The average Bonchev–Trinajstić information content (AvgIpc) is 2.25. The lowest BCUT2D eigenvalue weighted by Gasteiger charge is -2.10. The maximum absolute atomic E-state index is 5.89. The Balaban J connectivity index is 2.64. The van der Waals surface area contributed by atoms with Gasteiger partial charge in [0.1, 0.15) is 5.75 Å². The van der Waals surface area contributed by atoms with E-state index in [4.69, 9.17) is 16.3 Å². The smallest absolute Gasteiger partial charge is 0.142 e. The van der Waals surface area contributed by atoms with Gasteiger partial charge in [-0.25, -0.2) is 0 Å². The van der Waals surface area contributed by atoms with Crippen molar-refractivity contribution in [3.8, 4) is 17.6 Å². The molecule has 1 aromatic carbocycles. The molecule has 0 spiro atoms. The summed E-state index contributed by atoms with van der Waals surface area (Å²) in [5.74, 6) is 6.63. The third-order valence-electron chi connectivity index (χ3n) is 1.90. The fourth-order valence-electron chi connectivity index (χ4n) is 1.20. The van der Waals surface area contributed by atoms with Crippen LogP contribution in [0.2, 0.25) is 5.02 Å². The lowest BCUT2D eigenvalue weighted by molar-refractivity contribution is 0.416. The van der Waals surface area contributed by atoms with Crippen molar-refractivity contribution < 1.29 is 4.74 Å². The van der Waals surface area contributed by atoms with Gasteiger partial charge in [-0.3, -0.25) is 0 Å². The topological polar surface area (TPSA) is 21.3 Å².